The first-order valence-corrected chi connectivity index (χ1v) is 11.2. The lowest BCUT2D eigenvalue weighted by Crippen LogP contribution is -2.31. The number of pyridine rings is 2. The van der Waals surface area contributed by atoms with E-state index in [4.69, 9.17) is 10.7 Å². The van der Waals surface area contributed by atoms with Gasteiger partial charge in [0.1, 0.15) is 5.82 Å². The van der Waals surface area contributed by atoms with Gasteiger partial charge in [0.05, 0.1) is 5.69 Å². The summed E-state index contributed by atoms with van der Waals surface area (Å²) in [6, 6.07) is 27.2. The Balaban J connectivity index is 1.60. The summed E-state index contributed by atoms with van der Waals surface area (Å²) in [6.45, 7) is 5.08. The van der Waals surface area contributed by atoms with E-state index in [2.05, 4.69) is 66.6 Å². The van der Waals surface area contributed by atoms with E-state index in [1.165, 1.54) is 16.7 Å². The van der Waals surface area contributed by atoms with Gasteiger partial charge in [0.15, 0.2) is 0 Å². The molecule has 0 spiro atoms. The average molecular weight is 423 g/mol. The zero-order valence-electron chi connectivity index (χ0n) is 18.7. The number of rotatable bonds is 8. The van der Waals surface area contributed by atoms with E-state index in [0.29, 0.717) is 12.5 Å². The van der Waals surface area contributed by atoms with Crippen molar-refractivity contribution in [1.82, 2.24) is 9.97 Å². The number of hydrogen-bond donors (Lipinski definition) is 2. The van der Waals surface area contributed by atoms with Crippen LogP contribution in [-0.4, -0.2) is 22.6 Å². The lowest BCUT2D eigenvalue weighted by Gasteiger charge is -2.16. The van der Waals surface area contributed by atoms with Crippen molar-refractivity contribution in [2.24, 2.45) is 5.73 Å². The van der Waals surface area contributed by atoms with Crippen molar-refractivity contribution < 1.29 is 0 Å². The molecule has 0 radical (unpaired) electrons. The number of nitrogens with one attached hydrogen (secondary N) is 1. The van der Waals surface area contributed by atoms with Gasteiger partial charge >= 0.3 is 0 Å². The Bertz CT molecular complexity index is 1140. The molecular formula is C28H30N4. The van der Waals surface area contributed by atoms with Gasteiger partial charge in [0.25, 0.3) is 0 Å². The highest BCUT2D eigenvalue weighted by molar-refractivity contribution is 5.82. The van der Waals surface area contributed by atoms with E-state index in [-0.39, 0.29) is 6.04 Å². The summed E-state index contributed by atoms with van der Waals surface area (Å²) in [5, 5.41) is 3.43. The summed E-state index contributed by atoms with van der Waals surface area (Å²) in [7, 11) is 0. The molecule has 0 saturated carbocycles. The highest BCUT2D eigenvalue weighted by Crippen LogP contribution is 2.33. The third kappa shape index (κ3) is 5.40. The van der Waals surface area contributed by atoms with Crippen LogP contribution in [0.1, 0.15) is 30.9 Å². The summed E-state index contributed by atoms with van der Waals surface area (Å²) in [5.41, 5.74) is 13.2. The lowest BCUT2D eigenvalue weighted by atomic mass is 9.95. The van der Waals surface area contributed by atoms with Crippen LogP contribution in [0.4, 0.5) is 5.82 Å². The molecule has 0 fully saturated rings. The van der Waals surface area contributed by atoms with Crippen molar-refractivity contribution in [2.45, 2.75) is 32.2 Å². The molecule has 0 aliphatic heterocycles. The Morgan fingerprint density at radius 3 is 2.38 bits per heavy atom. The average Bonchev–Trinajstić information content (AvgIpc) is 2.84. The second-order valence-electron chi connectivity index (χ2n) is 8.44. The second kappa shape index (κ2) is 10.2. The SMILES string of the molecule is CC(C)c1cccc(-c2ccc(NC[C@H](N)Cc3ccccc3)nc2-c2ccncc2)c1. The standard InChI is InChI=1S/C28H30N4/c1-20(2)23-9-6-10-24(18-23)26-11-12-27(32-28(26)22-13-15-30-16-14-22)31-19-25(29)17-21-7-4-3-5-8-21/h3-16,18,20,25H,17,19,29H2,1-2H3,(H,31,32)/t25-/m1/s1. The van der Waals surface area contributed by atoms with Gasteiger partial charge in [-0.3, -0.25) is 4.98 Å². The number of nitrogens with two attached hydrogens (primary N) is 1. The molecule has 4 nitrogen and oxygen atoms in total. The number of anilines is 1. The van der Waals surface area contributed by atoms with Crippen molar-refractivity contribution in [3.05, 3.63) is 102 Å². The Morgan fingerprint density at radius 2 is 1.62 bits per heavy atom. The molecule has 32 heavy (non-hydrogen) atoms. The molecule has 4 aromatic rings. The quantitative estimate of drug-likeness (QED) is 0.370. The van der Waals surface area contributed by atoms with Crippen molar-refractivity contribution in [2.75, 3.05) is 11.9 Å². The van der Waals surface area contributed by atoms with E-state index >= 15 is 0 Å². The van der Waals surface area contributed by atoms with Crippen molar-refractivity contribution >= 4 is 5.82 Å². The van der Waals surface area contributed by atoms with Crippen LogP contribution >= 0.6 is 0 Å². The van der Waals surface area contributed by atoms with Crippen molar-refractivity contribution in [3.63, 3.8) is 0 Å². The van der Waals surface area contributed by atoms with Crippen LogP contribution in [0.5, 0.6) is 0 Å². The zero-order valence-corrected chi connectivity index (χ0v) is 18.7. The van der Waals surface area contributed by atoms with Gasteiger partial charge in [-0.1, -0.05) is 68.4 Å². The Hall–Kier alpha value is -3.50. The maximum atomic E-state index is 6.37. The molecule has 2 heterocycles. The summed E-state index contributed by atoms with van der Waals surface area (Å²) in [6.07, 6.45) is 4.44. The minimum atomic E-state index is 0.00553. The third-order valence-corrected chi connectivity index (χ3v) is 5.60. The fourth-order valence-electron chi connectivity index (χ4n) is 3.81. The molecule has 0 bridgehead atoms. The fourth-order valence-corrected chi connectivity index (χ4v) is 3.81. The Kier molecular flexibility index (Phi) is 6.93. The van der Waals surface area contributed by atoms with Crippen LogP contribution in [0.3, 0.4) is 0 Å². The van der Waals surface area contributed by atoms with E-state index < -0.39 is 0 Å². The molecule has 162 valence electrons. The number of nitrogens with zero attached hydrogens (tertiary/aromatic N) is 2. The molecule has 0 unspecified atom stereocenters. The highest BCUT2D eigenvalue weighted by atomic mass is 15.0. The molecule has 2 aromatic carbocycles. The van der Waals surface area contributed by atoms with Crippen molar-refractivity contribution in [3.8, 4) is 22.4 Å². The molecule has 4 rings (SSSR count). The molecule has 0 aliphatic rings. The van der Waals surface area contributed by atoms with Crippen LogP contribution in [0, 0.1) is 0 Å². The smallest absolute Gasteiger partial charge is 0.126 e. The highest BCUT2D eigenvalue weighted by Gasteiger charge is 2.13. The maximum absolute atomic E-state index is 6.37. The summed E-state index contributed by atoms with van der Waals surface area (Å²) < 4.78 is 0. The van der Waals surface area contributed by atoms with Gasteiger partial charge in [-0.2, -0.15) is 0 Å². The predicted octanol–water partition coefficient (Wildman–Crippen LogP) is 5.92. The zero-order chi connectivity index (χ0) is 22.3. The van der Waals surface area contributed by atoms with Gasteiger partial charge in [0, 0.05) is 36.1 Å². The van der Waals surface area contributed by atoms with Crippen LogP contribution in [0.15, 0.2) is 91.3 Å². The van der Waals surface area contributed by atoms with Gasteiger partial charge in [-0.15, -0.1) is 0 Å². The molecule has 3 N–H and O–H groups in total. The van der Waals surface area contributed by atoms with Gasteiger partial charge in [0.2, 0.25) is 0 Å². The lowest BCUT2D eigenvalue weighted by molar-refractivity contribution is 0.698. The monoisotopic (exact) mass is 422 g/mol. The summed E-state index contributed by atoms with van der Waals surface area (Å²) in [5.74, 6) is 1.29. The normalized spacial score (nSPS) is 12.0. The predicted molar refractivity (Wildman–Crippen MR) is 134 cm³/mol. The van der Waals surface area contributed by atoms with Crippen LogP contribution < -0.4 is 11.1 Å². The fraction of sp³-hybridized carbons (Fsp3) is 0.214. The van der Waals surface area contributed by atoms with Gasteiger partial charge in [-0.05, 0) is 53.3 Å². The largest absolute Gasteiger partial charge is 0.368 e. The van der Waals surface area contributed by atoms with E-state index in [1.54, 1.807) is 12.4 Å². The van der Waals surface area contributed by atoms with Crippen molar-refractivity contribution in [1.29, 1.82) is 0 Å². The summed E-state index contributed by atoms with van der Waals surface area (Å²) >= 11 is 0. The Labute approximate surface area is 190 Å². The third-order valence-electron chi connectivity index (χ3n) is 5.60. The first-order valence-electron chi connectivity index (χ1n) is 11.2. The second-order valence-corrected chi connectivity index (χ2v) is 8.44. The molecule has 0 saturated heterocycles. The molecule has 4 heteroatoms. The topological polar surface area (TPSA) is 63.8 Å². The molecule has 1 atom stereocenters. The molecular weight excluding hydrogens is 392 g/mol. The molecule has 0 amide bonds. The first-order chi connectivity index (χ1) is 15.6. The maximum Gasteiger partial charge on any atom is 0.126 e. The van der Waals surface area contributed by atoms with E-state index in [0.717, 1.165) is 29.1 Å². The molecule has 0 aliphatic carbocycles. The summed E-state index contributed by atoms with van der Waals surface area (Å²) in [4.78, 5) is 9.15. The minimum Gasteiger partial charge on any atom is -0.368 e. The van der Waals surface area contributed by atoms with E-state index in [1.807, 2.05) is 36.4 Å². The number of aromatic nitrogens is 2. The van der Waals surface area contributed by atoms with Gasteiger partial charge < -0.3 is 11.1 Å². The first kappa shape index (κ1) is 21.7. The van der Waals surface area contributed by atoms with Gasteiger partial charge in [-0.25, -0.2) is 4.98 Å². The van der Waals surface area contributed by atoms with Crippen LogP contribution in [0.2, 0.25) is 0 Å². The number of benzene rings is 2. The van der Waals surface area contributed by atoms with Crippen LogP contribution in [-0.2, 0) is 6.42 Å². The molecule has 2 aromatic heterocycles. The minimum absolute atomic E-state index is 0.00553. The van der Waals surface area contributed by atoms with E-state index in [9.17, 15) is 0 Å². The Morgan fingerprint density at radius 1 is 0.844 bits per heavy atom. The number of hydrogen-bond acceptors (Lipinski definition) is 4. The van der Waals surface area contributed by atoms with Crippen LogP contribution in [0.25, 0.3) is 22.4 Å².